The minimum absolute atomic E-state index is 0.0270. The second-order valence-corrected chi connectivity index (χ2v) is 9.79. The van der Waals surface area contributed by atoms with Gasteiger partial charge in [-0.2, -0.15) is 0 Å². The number of para-hydroxylation sites is 1. The van der Waals surface area contributed by atoms with Crippen LogP contribution >= 0.6 is 0 Å². The van der Waals surface area contributed by atoms with Crippen LogP contribution < -0.4 is 0 Å². The van der Waals surface area contributed by atoms with E-state index in [1.165, 1.54) is 6.07 Å². The predicted molar refractivity (Wildman–Crippen MR) is 183 cm³/mol. The zero-order chi connectivity index (χ0) is 45.7. The first-order valence-electron chi connectivity index (χ1n) is 23.1. The molecule has 0 spiro atoms. The van der Waals surface area contributed by atoms with Crippen molar-refractivity contribution in [2.24, 2.45) is 0 Å². The molecule has 0 N–H and O–H groups in total. The van der Waals surface area contributed by atoms with Crippen molar-refractivity contribution >= 4 is 54.3 Å². The lowest BCUT2D eigenvalue weighted by Crippen LogP contribution is -1.90. The van der Waals surface area contributed by atoms with Gasteiger partial charge in [-0.25, -0.2) is 0 Å². The molecule has 0 saturated heterocycles. The number of furan rings is 1. The largest absolute Gasteiger partial charge is 0.456 e. The molecular formula is C42H26O. The summed E-state index contributed by atoms with van der Waals surface area (Å²) in [6.45, 7) is 0. The van der Waals surface area contributed by atoms with Gasteiger partial charge >= 0.3 is 0 Å². The molecule has 0 aliphatic rings. The Kier molecular flexibility index (Phi) is 2.54. The summed E-state index contributed by atoms with van der Waals surface area (Å²) in [6.07, 6.45) is 0. The number of fused-ring (bicyclic) bond motifs is 6. The van der Waals surface area contributed by atoms with Crippen LogP contribution in [0.25, 0.3) is 87.6 Å². The van der Waals surface area contributed by atoms with Gasteiger partial charge in [0.25, 0.3) is 0 Å². The standard InChI is InChI=1S/C42H26O/c1-2-10-27(11-3-1)41-34-13-4-6-15-36(34)42(37-16-7-5-14-35(37)41)32-21-20-28-24-29(18-19-30(28)25-32)31-22-23-40-38(26-31)33-12-8-9-17-39(33)43-40/h1-26H/i1D,2D,3D,4D,5D,6D,7D,8D,9D,10D,11D,12D,13D,14D,15D,16D,17D,22D,23D,26D. The van der Waals surface area contributed by atoms with Gasteiger partial charge in [0.2, 0.25) is 0 Å². The van der Waals surface area contributed by atoms with Crippen molar-refractivity contribution in [1.29, 1.82) is 0 Å². The molecule has 9 aromatic rings. The highest BCUT2D eigenvalue weighted by Gasteiger charge is 2.16. The summed E-state index contributed by atoms with van der Waals surface area (Å²) in [5.41, 5.74) is -0.990. The van der Waals surface area contributed by atoms with Crippen molar-refractivity contribution in [1.82, 2.24) is 0 Å². The fraction of sp³-hybridized carbons (Fsp3) is 0. The monoisotopic (exact) mass is 566 g/mol. The van der Waals surface area contributed by atoms with Gasteiger partial charge in [-0.1, -0.05) is 127 Å². The molecule has 43 heavy (non-hydrogen) atoms. The molecule has 0 atom stereocenters. The zero-order valence-electron chi connectivity index (χ0n) is 41.9. The topological polar surface area (TPSA) is 13.1 Å². The van der Waals surface area contributed by atoms with Gasteiger partial charge in [0.15, 0.2) is 0 Å². The van der Waals surface area contributed by atoms with E-state index in [1.54, 1.807) is 30.3 Å². The van der Waals surface area contributed by atoms with Crippen LogP contribution in [-0.2, 0) is 0 Å². The summed E-state index contributed by atoms with van der Waals surface area (Å²) in [5, 5.41) is -0.363. The maximum atomic E-state index is 9.20. The highest BCUT2D eigenvalue weighted by Crippen LogP contribution is 2.44. The molecule has 200 valence electrons. The van der Waals surface area contributed by atoms with E-state index in [0.29, 0.717) is 10.8 Å². The highest BCUT2D eigenvalue weighted by molar-refractivity contribution is 6.21. The Morgan fingerprint density at radius 3 is 1.56 bits per heavy atom. The van der Waals surface area contributed by atoms with Crippen molar-refractivity contribution in [3.05, 3.63) is 157 Å². The third-order valence-corrected chi connectivity index (χ3v) is 7.43. The molecule has 1 aromatic heterocycles. The third-order valence-electron chi connectivity index (χ3n) is 7.43. The molecule has 0 aliphatic carbocycles. The molecule has 1 heterocycles. The molecule has 0 fully saturated rings. The van der Waals surface area contributed by atoms with Crippen LogP contribution in [0.4, 0.5) is 0 Å². The SMILES string of the molecule is [2H]c1c([2H])c([2H])c(-c2c3c([2H])c([2H])c([2H])c([2H])c3c(-c3ccc4cc(-c5c([2H])c([2H])c6oc7c([2H])c([2H])c([2H])c([2H])c7c6c5[2H])ccc4c3)c3c([2H])c([2H])c([2H])c([2H])c23)c([2H])c1[2H]. The second kappa shape index (κ2) is 9.44. The molecule has 0 amide bonds. The van der Waals surface area contributed by atoms with Crippen LogP contribution in [-0.4, -0.2) is 0 Å². The molecule has 0 bridgehead atoms. The Morgan fingerprint density at radius 2 is 0.884 bits per heavy atom. The maximum Gasteiger partial charge on any atom is 0.135 e. The second-order valence-electron chi connectivity index (χ2n) is 9.79. The van der Waals surface area contributed by atoms with Gasteiger partial charge in [0.1, 0.15) is 11.2 Å². The third kappa shape index (κ3) is 3.79. The first kappa shape index (κ1) is 11.6. The first-order chi connectivity index (χ1) is 29.6. The van der Waals surface area contributed by atoms with Gasteiger partial charge in [-0.15, -0.1) is 0 Å². The highest BCUT2D eigenvalue weighted by atomic mass is 16.3. The van der Waals surface area contributed by atoms with Crippen LogP contribution in [0.15, 0.2) is 162 Å². The van der Waals surface area contributed by atoms with Crippen molar-refractivity contribution in [2.75, 3.05) is 0 Å². The van der Waals surface area contributed by atoms with Crippen molar-refractivity contribution < 1.29 is 31.8 Å². The molecule has 9 rings (SSSR count). The Bertz CT molecular complexity index is 3520. The molecular weight excluding hydrogens is 520 g/mol. The minimum Gasteiger partial charge on any atom is -0.456 e. The van der Waals surface area contributed by atoms with E-state index in [0.717, 1.165) is 0 Å². The summed E-state index contributed by atoms with van der Waals surface area (Å²) in [5.74, 6) is 0. The van der Waals surface area contributed by atoms with E-state index < -0.39 is 126 Å². The number of rotatable bonds is 3. The zero-order valence-corrected chi connectivity index (χ0v) is 21.9. The molecule has 8 aromatic carbocycles. The first-order valence-corrected chi connectivity index (χ1v) is 13.1. The summed E-state index contributed by atoms with van der Waals surface area (Å²) < 4.78 is 180. The lowest BCUT2D eigenvalue weighted by atomic mass is 9.85. The average Bonchev–Trinajstić information content (AvgIpc) is 3.69. The van der Waals surface area contributed by atoms with E-state index in [2.05, 4.69) is 0 Å². The normalized spacial score (nSPS) is 18.2. The average molecular weight is 567 g/mol. The number of benzene rings is 8. The Balaban J connectivity index is 1.37. The maximum absolute atomic E-state index is 9.20. The molecule has 0 unspecified atom stereocenters. The van der Waals surface area contributed by atoms with E-state index in [1.807, 2.05) is 0 Å². The summed E-state index contributed by atoms with van der Waals surface area (Å²) in [7, 11) is 0. The van der Waals surface area contributed by atoms with Crippen molar-refractivity contribution in [3.63, 3.8) is 0 Å². The van der Waals surface area contributed by atoms with E-state index in [4.69, 9.17) is 27.7 Å². The van der Waals surface area contributed by atoms with E-state index >= 15 is 0 Å². The van der Waals surface area contributed by atoms with Crippen LogP contribution in [0.3, 0.4) is 0 Å². The van der Waals surface area contributed by atoms with Crippen molar-refractivity contribution in [3.8, 4) is 33.4 Å². The van der Waals surface area contributed by atoms with Gasteiger partial charge in [-0.3, -0.25) is 0 Å². The quantitative estimate of drug-likeness (QED) is 0.194. The number of hydrogen-bond acceptors (Lipinski definition) is 1. The molecule has 0 aliphatic heterocycles. The van der Waals surface area contributed by atoms with Gasteiger partial charge < -0.3 is 4.42 Å². The lowest BCUT2D eigenvalue weighted by Gasteiger charge is -2.18. The fourth-order valence-corrected chi connectivity index (χ4v) is 5.54. The van der Waals surface area contributed by atoms with Gasteiger partial charge in [0, 0.05) is 10.8 Å². The Labute approximate surface area is 277 Å². The molecule has 1 nitrogen and oxygen atoms in total. The van der Waals surface area contributed by atoms with E-state index in [-0.39, 0.29) is 71.8 Å². The van der Waals surface area contributed by atoms with Crippen LogP contribution in [0, 0.1) is 0 Å². The Hall–Kier alpha value is -5.66. The smallest absolute Gasteiger partial charge is 0.135 e. The Morgan fingerprint density at radius 1 is 0.372 bits per heavy atom. The lowest BCUT2D eigenvalue weighted by molar-refractivity contribution is 0.669. The number of hydrogen-bond donors (Lipinski definition) is 0. The summed E-state index contributed by atoms with van der Waals surface area (Å²) in [6, 6.07) is -3.02. The summed E-state index contributed by atoms with van der Waals surface area (Å²) in [4.78, 5) is 0. The predicted octanol–water partition coefficient (Wildman–Crippen LogP) is 12.0. The molecule has 0 radical (unpaired) electrons. The fourth-order valence-electron chi connectivity index (χ4n) is 5.54. The molecule has 1 heteroatoms. The van der Waals surface area contributed by atoms with E-state index in [9.17, 15) is 4.11 Å². The minimum atomic E-state index is -0.771. The van der Waals surface area contributed by atoms with Crippen LogP contribution in [0.5, 0.6) is 0 Å². The van der Waals surface area contributed by atoms with Gasteiger partial charge in [-0.05, 0) is 96.0 Å². The molecule has 0 saturated carbocycles. The van der Waals surface area contributed by atoms with Crippen LogP contribution in [0.1, 0.15) is 27.4 Å². The van der Waals surface area contributed by atoms with Gasteiger partial charge in [0.05, 0.1) is 27.4 Å². The van der Waals surface area contributed by atoms with Crippen molar-refractivity contribution in [2.45, 2.75) is 0 Å². The summed E-state index contributed by atoms with van der Waals surface area (Å²) >= 11 is 0. The van der Waals surface area contributed by atoms with Crippen LogP contribution in [0.2, 0.25) is 0 Å².